The minimum atomic E-state index is -0.0661. The molecule has 0 aromatic heterocycles. The minimum absolute atomic E-state index is 0.0400. The predicted molar refractivity (Wildman–Crippen MR) is 120 cm³/mol. The number of hydrogen-bond acceptors (Lipinski definition) is 5. The number of ether oxygens (including phenoxy) is 2. The monoisotopic (exact) mass is 423 g/mol. The van der Waals surface area contributed by atoms with Crippen LogP contribution in [0.4, 0.5) is 11.4 Å². The van der Waals surface area contributed by atoms with E-state index in [0.29, 0.717) is 36.5 Å². The van der Waals surface area contributed by atoms with Crippen LogP contribution in [0.3, 0.4) is 0 Å². The van der Waals surface area contributed by atoms with E-state index in [1.54, 1.807) is 4.90 Å². The molecular formula is C24H29N3O4. The van der Waals surface area contributed by atoms with Gasteiger partial charge in [-0.2, -0.15) is 0 Å². The molecule has 1 N–H and O–H groups in total. The van der Waals surface area contributed by atoms with E-state index in [1.165, 1.54) is 5.56 Å². The van der Waals surface area contributed by atoms with E-state index >= 15 is 0 Å². The van der Waals surface area contributed by atoms with Crippen LogP contribution >= 0.6 is 0 Å². The van der Waals surface area contributed by atoms with Crippen molar-refractivity contribution >= 4 is 23.2 Å². The third-order valence-electron chi connectivity index (χ3n) is 5.69. The van der Waals surface area contributed by atoms with Gasteiger partial charge in [0.25, 0.3) is 5.91 Å². The summed E-state index contributed by atoms with van der Waals surface area (Å²) in [5.74, 6) is 0.547. The summed E-state index contributed by atoms with van der Waals surface area (Å²) in [7, 11) is 0. The average molecular weight is 424 g/mol. The van der Waals surface area contributed by atoms with E-state index in [0.717, 1.165) is 38.4 Å². The van der Waals surface area contributed by atoms with Gasteiger partial charge in [0.05, 0.1) is 18.9 Å². The first kappa shape index (κ1) is 21.3. The van der Waals surface area contributed by atoms with Crippen LogP contribution in [0, 0.1) is 6.92 Å². The smallest absolute Gasteiger partial charge is 0.265 e. The van der Waals surface area contributed by atoms with Crippen molar-refractivity contribution in [2.24, 2.45) is 0 Å². The quantitative estimate of drug-likeness (QED) is 0.741. The molecule has 0 atom stereocenters. The topological polar surface area (TPSA) is 71.1 Å². The molecule has 1 saturated heterocycles. The highest BCUT2D eigenvalue weighted by molar-refractivity contribution is 5.99. The molecule has 2 aromatic carbocycles. The Hall–Kier alpha value is -2.90. The fourth-order valence-electron chi connectivity index (χ4n) is 3.83. The van der Waals surface area contributed by atoms with Crippen molar-refractivity contribution in [3.05, 3.63) is 53.6 Å². The van der Waals surface area contributed by atoms with Crippen LogP contribution in [0.25, 0.3) is 0 Å². The van der Waals surface area contributed by atoms with Crippen LogP contribution in [-0.4, -0.2) is 62.7 Å². The summed E-state index contributed by atoms with van der Waals surface area (Å²) in [5.41, 5.74) is 3.72. The highest BCUT2D eigenvalue weighted by atomic mass is 16.5. The first-order valence-corrected chi connectivity index (χ1v) is 10.8. The Bertz CT molecular complexity index is 923. The number of anilines is 2. The number of fused-ring (bicyclic) bond motifs is 1. The third-order valence-corrected chi connectivity index (χ3v) is 5.69. The fraction of sp³-hybridized carbons (Fsp3) is 0.417. The molecule has 1 fully saturated rings. The van der Waals surface area contributed by atoms with Crippen LogP contribution < -0.4 is 15.0 Å². The summed E-state index contributed by atoms with van der Waals surface area (Å²) >= 11 is 0. The molecule has 31 heavy (non-hydrogen) atoms. The summed E-state index contributed by atoms with van der Waals surface area (Å²) in [6.45, 7) is 6.66. The van der Waals surface area contributed by atoms with Crippen molar-refractivity contribution in [2.45, 2.75) is 19.8 Å². The zero-order valence-corrected chi connectivity index (χ0v) is 17.9. The number of morpholine rings is 1. The highest BCUT2D eigenvalue weighted by Gasteiger charge is 2.26. The number of benzene rings is 2. The number of aryl methyl sites for hydroxylation is 2. The van der Waals surface area contributed by atoms with E-state index < -0.39 is 0 Å². The van der Waals surface area contributed by atoms with Crippen LogP contribution in [0.1, 0.15) is 17.5 Å². The van der Waals surface area contributed by atoms with Gasteiger partial charge in [-0.05, 0) is 37.1 Å². The lowest BCUT2D eigenvalue weighted by Crippen LogP contribution is -2.45. The number of hydrogen-bond donors (Lipinski definition) is 1. The second-order valence-corrected chi connectivity index (χ2v) is 8.00. The van der Waals surface area contributed by atoms with Gasteiger partial charge in [-0.25, -0.2) is 0 Å². The van der Waals surface area contributed by atoms with Gasteiger partial charge in [-0.15, -0.1) is 0 Å². The lowest BCUT2D eigenvalue weighted by Gasteiger charge is -2.33. The molecule has 0 radical (unpaired) electrons. The van der Waals surface area contributed by atoms with E-state index in [9.17, 15) is 9.59 Å². The molecule has 0 bridgehead atoms. The minimum Gasteiger partial charge on any atom is -0.482 e. The van der Waals surface area contributed by atoms with Gasteiger partial charge < -0.3 is 19.7 Å². The first-order valence-electron chi connectivity index (χ1n) is 10.8. The average Bonchev–Trinajstić information content (AvgIpc) is 2.79. The molecular weight excluding hydrogens is 394 g/mol. The maximum Gasteiger partial charge on any atom is 0.265 e. The molecule has 2 aromatic rings. The van der Waals surface area contributed by atoms with Crippen LogP contribution in [-0.2, 0) is 20.7 Å². The molecule has 0 unspecified atom stereocenters. The lowest BCUT2D eigenvalue weighted by atomic mass is 10.1. The molecule has 7 heteroatoms. The first-order chi connectivity index (χ1) is 15.1. The zero-order chi connectivity index (χ0) is 21.6. The van der Waals surface area contributed by atoms with Gasteiger partial charge in [0.2, 0.25) is 5.91 Å². The summed E-state index contributed by atoms with van der Waals surface area (Å²) in [5, 5.41) is 2.96. The number of carbonyl (C=O) groups is 2. The molecule has 164 valence electrons. The Kier molecular flexibility index (Phi) is 6.84. The Morgan fingerprint density at radius 2 is 1.84 bits per heavy atom. The fourth-order valence-corrected chi connectivity index (χ4v) is 3.83. The number of nitrogens with one attached hydrogen (secondary N) is 1. The summed E-state index contributed by atoms with van der Waals surface area (Å²) < 4.78 is 11.0. The van der Waals surface area contributed by atoms with Gasteiger partial charge in [0.15, 0.2) is 6.61 Å². The maximum absolute atomic E-state index is 12.5. The third kappa shape index (κ3) is 5.62. The second-order valence-electron chi connectivity index (χ2n) is 8.00. The SMILES string of the molecule is Cc1ccc(CCC(=O)Nc2ccc3c(c2)N(CCN2CCOCC2)C(=O)CO3)cc1. The number of rotatable bonds is 7. The molecule has 2 heterocycles. The predicted octanol–water partition coefficient (Wildman–Crippen LogP) is 2.62. The summed E-state index contributed by atoms with van der Waals surface area (Å²) in [6.07, 6.45) is 1.08. The Morgan fingerprint density at radius 3 is 2.61 bits per heavy atom. The largest absolute Gasteiger partial charge is 0.482 e. The van der Waals surface area contributed by atoms with E-state index in [-0.39, 0.29) is 18.4 Å². The number of amides is 2. The van der Waals surface area contributed by atoms with Gasteiger partial charge in [-0.1, -0.05) is 29.8 Å². The van der Waals surface area contributed by atoms with Crippen LogP contribution in [0.2, 0.25) is 0 Å². The number of carbonyl (C=O) groups excluding carboxylic acids is 2. The Balaban J connectivity index is 1.38. The highest BCUT2D eigenvalue weighted by Crippen LogP contribution is 2.34. The van der Waals surface area contributed by atoms with Crippen molar-refractivity contribution in [1.29, 1.82) is 0 Å². The van der Waals surface area contributed by atoms with Crippen molar-refractivity contribution in [2.75, 3.05) is 56.2 Å². The van der Waals surface area contributed by atoms with Crippen LogP contribution in [0.5, 0.6) is 5.75 Å². The van der Waals surface area contributed by atoms with Crippen molar-refractivity contribution in [3.63, 3.8) is 0 Å². The van der Waals surface area contributed by atoms with Gasteiger partial charge in [0, 0.05) is 38.3 Å². The van der Waals surface area contributed by atoms with Crippen molar-refractivity contribution in [1.82, 2.24) is 4.90 Å². The molecule has 0 saturated carbocycles. The van der Waals surface area contributed by atoms with E-state index in [2.05, 4.69) is 34.5 Å². The van der Waals surface area contributed by atoms with Gasteiger partial charge in [0.1, 0.15) is 5.75 Å². The van der Waals surface area contributed by atoms with Crippen LogP contribution in [0.15, 0.2) is 42.5 Å². The van der Waals surface area contributed by atoms with E-state index in [4.69, 9.17) is 9.47 Å². The molecule has 2 amide bonds. The molecule has 0 spiro atoms. The van der Waals surface area contributed by atoms with Gasteiger partial charge >= 0.3 is 0 Å². The second kappa shape index (κ2) is 9.94. The standard InChI is InChI=1S/C24H29N3O4/c1-18-2-4-19(5-3-18)6-9-23(28)25-20-7-8-22-21(16-20)27(24(29)17-31-22)11-10-26-12-14-30-15-13-26/h2-5,7-8,16H,6,9-15,17H2,1H3,(H,25,28). The molecule has 0 aliphatic carbocycles. The Labute approximate surface area is 182 Å². The normalized spacial score (nSPS) is 16.5. The summed E-state index contributed by atoms with van der Waals surface area (Å²) in [6, 6.07) is 13.7. The molecule has 2 aliphatic heterocycles. The lowest BCUT2D eigenvalue weighted by molar-refractivity contribution is -0.121. The van der Waals surface area contributed by atoms with Crippen molar-refractivity contribution < 1.29 is 19.1 Å². The molecule has 4 rings (SSSR count). The molecule has 2 aliphatic rings. The van der Waals surface area contributed by atoms with Crippen molar-refractivity contribution in [3.8, 4) is 5.75 Å². The van der Waals surface area contributed by atoms with Gasteiger partial charge in [-0.3, -0.25) is 14.5 Å². The number of nitrogens with zero attached hydrogens (tertiary/aromatic N) is 2. The summed E-state index contributed by atoms with van der Waals surface area (Å²) in [4.78, 5) is 29.0. The Morgan fingerprint density at radius 1 is 1.06 bits per heavy atom. The van der Waals surface area contributed by atoms with E-state index in [1.807, 2.05) is 25.1 Å². The maximum atomic E-state index is 12.5. The zero-order valence-electron chi connectivity index (χ0n) is 17.9. The molecule has 7 nitrogen and oxygen atoms in total.